The van der Waals surface area contributed by atoms with Crippen LogP contribution in [0.2, 0.25) is 0 Å². The second-order valence-electron chi connectivity index (χ2n) is 6.83. The number of para-hydroxylation sites is 1. The van der Waals surface area contributed by atoms with Crippen molar-refractivity contribution in [3.63, 3.8) is 0 Å². The molecule has 0 aliphatic rings. The Balaban J connectivity index is 1.52. The number of nitrogens with one attached hydrogen (secondary N) is 1. The molecule has 5 rings (SSSR count). The van der Waals surface area contributed by atoms with Crippen LogP contribution in [0.3, 0.4) is 0 Å². The Kier molecular flexibility index (Phi) is 4.62. The van der Waals surface area contributed by atoms with Crippen LogP contribution in [0.25, 0.3) is 22.0 Å². The molecule has 0 bridgehead atoms. The Bertz CT molecular complexity index is 1340. The van der Waals surface area contributed by atoms with Gasteiger partial charge in [0.15, 0.2) is 0 Å². The topological polar surface area (TPSA) is 59.6 Å². The summed E-state index contributed by atoms with van der Waals surface area (Å²) < 4.78 is 5.55. The fourth-order valence-electron chi connectivity index (χ4n) is 3.56. The summed E-state index contributed by atoms with van der Waals surface area (Å²) in [7, 11) is 1.56. The Morgan fingerprint density at radius 3 is 2.37 bits per heavy atom. The number of pyridine rings is 1. The molecule has 0 unspecified atom stereocenters. The van der Waals surface area contributed by atoms with Gasteiger partial charge in [-0.3, -0.25) is 0 Å². The van der Waals surface area contributed by atoms with Gasteiger partial charge in [0.05, 0.1) is 22.9 Å². The number of oxime groups is 1. The quantitative estimate of drug-likeness (QED) is 0.288. The smallest absolute Gasteiger partial charge is 0.228 e. The van der Waals surface area contributed by atoms with Crippen LogP contribution in [-0.4, -0.2) is 17.8 Å². The lowest BCUT2D eigenvalue weighted by atomic mass is 10.0. The van der Waals surface area contributed by atoms with E-state index in [1.165, 1.54) is 0 Å². The van der Waals surface area contributed by atoms with E-state index in [0.717, 1.165) is 44.5 Å². The average Bonchev–Trinajstić information content (AvgIpc) is 3.27. The monoisotopic (exact) mass is 393 g/mol. The van der Waals surface area contributed by atoms with Gasteiger partial charge in [-0.1, -0.05) is 65.8 Å². The van der Waals surface area contributed by atoms with Crippen molar-refractivity contribution in [3.8, 4) is 0 Å². The molecule has 0 atom stereocenters. The number of hydrogen-bond acceptors (Lipinski definition) is 5. The number of anilines is 2. The molecule has 5 nitrogen and oxygen atoms in total. The van der Waals surface area contributed by atoms with Gasteiger partial charge in [0, 0.05) is 22.2 Å². The first-order valence-electron chi connectivity index (χ1n) is 9.63. The maximum Gasteiger partial charge on any atom is 0.228 e. The fourth-order valence-corrected chi connectivity index (χ4v) is 3.56. The van der Waals surface area contributed by atoms with Crippen molar-refractivity contribution < 1.29 is 9.25 Å². The summed E-state index contributed by atoms with van der Waals surface area (Å²) in [6.07, 6.45) is 1.66. The van der Waals surface area contributed by atoms with E-state index in [2.05, 4.69) is 21.5 Å². The van der Waals surface area contributed by atoms with Crippen molar-refractivity contribution in [3.05, 3.63) is 102 Å². The average molecular weight is 393 g/mol. The molecular weight excluding hydrogens is 374 g/mol. The summed E-state index contributed by atoms with van der Waals surface area (Å²) in [5, 5.41) is 9.76. The highest BCUT2D eigenvalue weighted by atomic mass is 16.6. The van der Waals surface area contributed by atoms with Gasteiger partial charge >= 0.3 is 0 Å². The van der Waals surface area contributed by atoms with Crippen LogP contribution in [0.4, 0.5) is 11.4 Å². The lowest BCUT2D eigenvalue weighted by Crippen LogP contribution is -2.04. The highest BCUT2D eigenvalue weighted by Crippen LogP contribution is 2.33. The molecule has 3 aromatic carbocycles. The molecule has 0 aliphatic carbocycles. The minimum absolute atomic E-state index is 0.617. The molecule has 5 aromatic rings. The zero-order chi connectivity index (χ0) is 20.3. The van der Waals surface area contributed by atoms with Crippen LogP contribution < -0.4 is 5.32 Å². The molecule has 30 heavy (non-hydrogen) atoms. The van der Waals surface area contributed by atoms with Gasteiger partial charge in [0.2, 0.25) is 5.71 Å². The zero-order valence-electron chi connectivity index (χ0n) is 16.4. The molecule has 0 saturated carbocycles. The van der Waals surface area contributed by atoms with E-state index in [9.17, 15) is 0 Å². The predicted octanol–water partition coefficient (Wildman–Crippen LogP) is 6.12. The number of aromatic nitrogens is 1. The molecule has 0 amide bonds. The molecule has 0 radical (unpaired) electrons. The minimum atomic E-state index is 0.617. The normalized spacial score (nSPS) is 11.7. The Morgan fingerprint density at radius 1 is 0.833 bits per heavy atom. The predicted molar refractivity (Wildman–Crippen MR) is 120 cm³/mol. The second kappa shape index (κ2) is 7.72. The molecule has 0 aliphatic heterocycles. The van der Waals surface area contributed by atoms with Crippen molar-refractivity contribution in [2.24, 2.45) is 5.16 Å². The van der Waals surface area contributed by atoms with Crippen molar-refractivity contribution in [2.75, 3.05) is 12.4 Å². The number of benzene rings is 3. The van der Waals surface area contributed by atoms with Gasteiger partial charge in [0.25, 0.3) is 0 Å². The molecule has 5 heteroatoms. The molecular formula is C25H19N3O2. The number of rotatable bonds is 5. The van der Waals surface area contributed by atoms with E-state index in [-0.39, 0.29) is 0 Å². The van der Waals surface area contributed by atoms with Crippen LogP contribution in [0.1, 0.15) is 11.1 Å². The highest BCUT2D eigenvalue weighted by molar-refractivity contribution is 6.13. The fraction of sp³-hybridized carbons (Fsp3) is 0.0400. The van der Waals surface area contributed by atoms with Crippen LogP contribution in [0.15, 0.2) is 101 Å². The molecule has 0 spiro atoms. The summed E-state index contributed by atoms with van der Waals surface area (Å²) in [5.41, 5.74) is 6.20. The summed E-state index contributed by atoms with van der Waals surface area (Å²) in [6, 6.07) is 28.1. The van der Waals surface area contributed by atoms with Crippen LogP contribution in [0, 0.1) is 0 Å². The second-order valence-corrected chi connectivity index (χ2v) is 6.83. The third-order valence-corrected chi connectivity index (χ3v) is 4.97. The van der Waals surface area contributed by atoms with Crippen molar-refractivity contribution in [1.82, 2.24) is 4.98 Å². The van der Waals surface area contributed by atoms with Crippen LogP contribution in [-0.2, 0) is 4.84 Å². The summed E-state index contributed by atoms with van der Waals surface area (Å²) >= 11 is 0. The summed E-state index contributed by atoms with van der Waals surface area (Å²) in [6.45, 7) is 0. The van der Waals surface area contributed by atoms with Crippen molar-refractivity contribution in [1.29, 1.82) is 0 Å². The Hall–Kier alpha value is -4.12. The number of hydrogen-bond donors (Lipinski definition) is 1. The van der Waals surface area contributed by atoms with Gasteiger partial charge in [-0.05, 0) is 24.3 Å². The van der Waals surface area contributed by atoms with Gasteiger partial charge < -0.3 is 14.6 Å². The van der Waals surface area contributed by atoms with Crippen molar-refractivity contribution >= 4 is 39.1 Å². The Morgan fingerprint density at radius 2 is 1.57 bits per heavy atom. The van der Waals surface area contributed by atoms with Crippen molar-refractivity contribution in [2.45, 2.75) is 0 Å². The molecule has 0 saturated heterocycles. The third kappa shape index (κ3) is 3.26. The van der Waals surface area contributed by atoms with Crippen LogP contribution >= 0.6 is 0 Å². The minimum Gasteiger partial charge on any atom is -0.446 e. The van der Waals surface area contributed by atoms with E-state index in [0.29, 0.717) is 5.71 Å². The highest BCUT2D eigenvalue weighted by Gasteiger charge is 2.12. The largest absolute Gasteiger partial charge is 0.446 e. The molecule has 2 aromatic heterocycles. The van der Waals surface area contributed by atoms with E-state index in [4.69, 9.17) is 9.25 Å². The molecule has 1 N–H and O–H groups in total. The zero-order valence-corrected chi connectivity index (χ0v) is 16.4. The van der Waals surface area contributed by atoms with E-state index < -0.39 is 0 Å². The number of nitrogens with zero attached hydrogens (tertiary/aromatic N) is 2. The first-order chi connectivity index (χ1) is 14.8. The number of furan rings is 1. The third-order valence-electron chi connectivity index (χ3n) is 4.97. The summed E-state index contributed by atoms with van der Waals surface area (Å²) in [4.78, 5) is 9.68. The maximum atomic E-state index is 5.55. The molecule has 2 heterocycles. The van der Waals surface area contributed by atoms with Gasteiger partial charge in [-0.15, -0.1) is 0 Å². The van der Waals surface area contributed by atoms with Gasteiger partial charge in [-0.2, -0.15) is 0 Å². The summed E-state index contributed by atoms with van der Waals surface area (Å²) in [5.74, 6) is 0. The Labute approximate surface area is 173 Å². The van der Waals surface area contributed by atoms with Gasteiger partial charge in [-0.25, -0.2) is 4.98 Å². The maximum absolute atomic E-state index is 5.55. The van der Waals surface area contributed by atoms with E-state index in [1.807, 2.05) is 78.9 Å². The number of fused-ring (bicyclic) bond motifs is 2. The first-order valence-corrected chi connectivity index (χ1v) is 9.63. The first kappa shape index (κ1) is 17.9. The standard InChI is InChI=1S/C25H19N3O2/c1-29-28-23(17-7-3-2-4-8-17)18-11-13-19(14-12-18)26-24-20-9-5-6-10-22(20)27-25-21(24)15-16-30-25/h2-16H,1H3,(H,26,27)/b28-23+. The van der Waals surface area contributed by atoms with E-state index in [1.54, 1.807) is 13.4 Å². The lowest BCUT2D eigenvalue weighted by molar-refractivity contribution is 0.214. The lowest BCUT2D eigenvalue weighted by Gasteiger charge is -2.12. The van der Waals surface area contributed by atoms with E-state index >= 15 is 0 Å². The van der Waals surface area contributed by atoms with Gasteiger partial charge in [0.1, 0.15) is 12.8 Å². The SMILES string of the molecule is CO/N=C(\c1ccccc1)c1ccc(Nc2c3ccccc3nc3occc23)cc1. The van der Waals surface area contributed by atoms with Crippen LogP contribution in [0.5, 0.6) is 0 Å². The molecule has 0 fully saturated rings. The molecule has 146 valence electrons.